The lowest BCUT2D eigenvalue weighted by Crippen LogP contribution is -2.34. The van der Waals surface area contributed by atoms with Crippen LogP contribution in [-0.2, 0) is 4.74 Å². The molecule has 0 saturated carbocycles. The Morgan fingerprint density at radius 2 is 2.38 bits per heavy atom. The molecule has 0 unspecified atom stereocenters. The third-order valence-corrected chi connectivity index (χ3v) is 2.49. The van der Waals surface area contributed by atoms with Gasteiger partial charge in [-0.25, -0.2) is 4.79 Å². The molecule has 6 heteroatoms. The fraction of sp³-hybridized carbons (Fsp3) is 0.400. The maximum absolute atomic E-state index is 11.5. The standard InChI is InChI=1S/C10H12N2O4/c13-6-8-5-7(2-4-16-8)12-3-1-9(14)11-10(12)15/h1-4,7-8,13H,5-6H2,(H,11,14,15)/t7-,8-/m0/s1. The van der Waals surface area contributed by atoms with Crippen LogP contribution in [0.5, 0.6) is 0 Å². The van der Waals surface area contributed by atoms with Crippen molar-refractivity contribution in [2.24, 2.45) is 0 Å². The largest absolute Gasteiger partial charge is 0.496 e. The minimum absolute atomic E-state index is 0.0983. The zero-order chi connectivity index (χ0) is 11.5. The predicted molar refractivity (Wildman–Crippen MR) is 56.1 cm³/mol. The molecular formula is C10H12N2O4. The smallest absolute Gasteiger partial charge is 0.328 e. The van der Waals surface area contributed by atoms with Gasteiger partial charge >= 0.3 is 5.69 Å². The summed E-state index contributed by atoms with van der Waals surface area (Å²) >= 11 is 0. The first-order valence-electron chi connectivity index (χ1n) is 4.95. The molecule has 1 aromatic heterocycles. The Bertz CT molecular complexity index is 502. The third kappa shape index (κ3) is 2.06. The first-order valence-corrected chi connectivity index (χ1v) is 4.95. The number of H-pyrrole nitrogens is 1. The maximum Gasteiger partial charge on any atom is 0.328 e. The highest BCUT2D eigenvalue weighted by molar-refractivity contribution is 4.97. The van der Waals surface area contributed by atoms with E-state index in [1.807, 2.05) is 0 Å². The molecule has 2 N–H and O–H groups in total. The summed E-state index contributed by atoms with van der Waals surface area (Å²) in [6, 6.07) is 1.09. The second kappa shape index (κ2) is 4.36. The molecule has 0 amide bonds. The molecule has 6 nitrogen and oxygen atoms in total. The van der Waals surface area contributed by atoms with Crippen LogP contribution in [0.2, 0.25) is 0 Å². The molecule has 1 aromatic rings. The van der Waals surface area contributed by atoms with E-state index in [9.17, 15) is 9.59 Å². The van der Waals surface area contributed by atoms with Gasteiger partial charge in [-0.1, -0.05) is 0 Å². The van der Waals surface area contributed by atoms with Crippen LogP contribution in [0.25, 0.3) is 0 Å². The lowest BCUT2D eigenvalue weighted by molar-refractivity contribution is 0.0514. The minimum atomic E-state index is -0.458. The second-order valence-electron chi connectivity index (χ2n) is 3.59. The zero-order valence-corrected chi connectivity index (χ0v) is 8.50. The molecule has 2 rings (SSSR count). The van der Waals surface area contributed by atoms with E-state index in [0.717, 1.165) is 0 Å². The van der Waals surface area contributed by atoms with Gasteiger partial charge in [0.15, 0.2) is 0 Å². The molecule has 2 heterocycles. The number of hydrogen-bond acceptors (Lipinski definition) is 4. The minimum Gasteiger partial charge on any atom is -0.496 e. The van der Waals surface area contributed by atoms with Crippen LogP contribution >= 0.6 is 0 Å². The molecule has 2 atom stereocenters. The average molecular weight is 224 g/mol. The van der Waals surface area contributed by atoms with Crippen molar-refractivity contribution < 1.29 is 9.84 Å². The van der Waals surface area contributed by atoms with Gasteiger partial charge in [0.1, 0.15) is 6.10 Å². The Labute approximate surface area is 90.8 Å². The van der Waals surface area contributed by atoms with Crippen molar-refractivity contribution in [3.05, 3.63) is 45.4 Å². The van der Waals surface area contributed by atoms with Gasteiger partial charge in [-0.05, 0) is 6.08 Å². The number of nitrogens with one attached hydrogen (secondary N) is 1. The Hall–Kier alpha value is -1.82. The van der Waals surface area contributed by atoms with E-state index >= 15 is 0 Å². The number of aliphatic hydroxyl groups is 1. The van der Waals surface area contributed by atoms with Crippen molar-refractivity contribution >= 4 is 0 Å². The molecule has 0 saturated heterocycles. The van der Waals surface area contributed by atoms with Gasteiger partial charge in [0.2, 0.25) is 0 Å². The SMILES string of the molecule is O=c1ccn([C@H]2C=CO[C@H](CO)C2)c(=O)[nH]1. The number of aliphatic hydroxyl groups excluding tert-OH is 1. The quantitative estimate of drug-likeness (QED) is 0.700. The highest BCUT2D eigenvalue weighted by Crippen LogP contribution is 2.19. The Morgan fingerprint density at radius 3 is 3.06 bits per heavy atom. The number of aromatic nitrogens is 2. The zero-order valence-electron chi connectivity index (χ0n) is 8.50. The first kappa shape index (κ1) is 10.7. The topological polar surface area (TPSA) is 84.3 Å². The average Bonchev–Trinajstić information content (AvgIpc) is 2.29. The summed E-state index contributed by atoms with van der Waals surface area (Å²) in [4.78, 5) is 24.6. The summed E-state index contributed by atoms with van der Waals surface area (Å²) in [5.74, 6) is 0. The van der Waals surface area contributed by atoms with Crippen molar-refractivity contribution in [2.45, 2.75) is 18.6 Å². The van der Waals surface area contributed by atoms with Crippen LogP contribution in [0.15, 0.2) is 34.2 Å². The second-order valence-corrected chi connectivity index (χ2v) is 3.59. The van der Waals surface area contributed by atoms with E-state index in [4.69, 9.17) is 9.84 Å². The Morgan fingerprint density at radius 1 is 1.56 bits per heavy atom. The molecule has 0 aromatic carbocycles. The van der Waals surface area contributed by atoms with Crippen LogP contribution in [0.3, 0.4) is 0 Å². The monoisotopic (exact) mass is 224 g/mol. The molecule has 86 valence electrons. The third-order valence-electron chi connectivity index (χ3n) is 2.49. The molecular weight excluding hydrogens is 212 g/mol. The van der Waals surface area contributed by atoms with Crippen LogP contribution < -0.4 is 11.2 Å². The van der Waals surface area contributed by atoms with Gasteiger partial charge in [-0.15, -0.1) is 0 Å². The molecule has 1 aliphatic heterocycles. The summed E-state index contributed by atoms with van der Waals surface area (Å²) in [7, 11) is 0. The number of allylic oxidation sites excluding steroid dienone is 1. The van der Waals surface area contributed by atoms with Crippen LogP contribution in [0.1, 0.15) is 12.5 Å². The van der Waals surface area contributed by atoms with Crippen molar-refractivity contribution in [1.29, 1.82) is 0 Å². The molecule has 16 heavy (non-hydrogen) atoms. The highest BCUT2D eigenvalue weighted by atomic mass is 16.5. The number of hydrogen-bond donors (Lipinski definition) is 2. The molecule has 0 fully saturated rings. The van der Waals surface area contributed by atoms with E-state index in [1.165, 1.54) is 23.1 Å². The van der Waals surface area contributed by atoms with Gasteiger partial charge in [0, 0.05) is 18.7 Å². The number of rotatable bonds is 2. The molecule has 0 radical (unpaired) electrons. The molecule has 0 spiro atoms. The van der Waals surface area contributed by atoms with Gasteiger partial charge < -0.3 is 9.84 Å². The summed E-state index contributed by atoms with van der Waals surface area (Å²) in [6.07, 6.45) is 4.81. The number of ether oxygens (including phenoxy) is 1. The van der Waals surface area contributed by atoms with Crippen molar-refractivity contribution in [2.75, 3.05) is 6.61 Å². The van der Waals surface area contributed by atoms with Crippen molar-refractivity contribution in [1.82, 2.24) is 9.55 Å². The Kier molecular flexibility index (Phi) is 2.91. The number of aromatic amines is 1. The molecule has 0 aliphatic carbocycles. The van der Waals surface area contributed by atoms with Gasteiger partial charge in [0.25, 0.3) is 5.56 Å². The summed E-state index contributed by atoms with van der Waals surface area (Å²) < 4.78 is 6.53. The van der Waals surface area contributed by atoms with Crippen molar-refractivity contribution in [3.8, 4) is 0 Å². The van der Waals surface area contributed by atoms with Gasteiger partial charge in [0.05, 0.1) is 18.9 Å². The van der Waals surface area contributed by atoms with E-state index in [2.05, 4.69) is 4.98 Å². The van der Waals surface area contributed by atoms with E-state index in [1.54, 1.807) is 6.08 Å². The van der Waals surface area contributed by atoms with E-state index < -0.39 is 11.2 Å². The fourth-order valence-corrected chi connectivity index (χ4v) is 1.66. The fourth-order valence-electron chi connectivity index (χ4n) is 1.66. The van der Waals surface area contributed by atoms with Crippen LogP contribution in [-0.4, -0.2) is 27.4 Å². The molecule has 1 aliphatic rings. The van der Waals surface area contributed by atoms with E-state index in [0.29, 0.717) is 6.42 Å². The summed E-state index contributed by atoms with van der Waals surface area (Å²) in [5, 5.41) is 8.97. The van der Waals surface area contributed by atoms with Crippen molar-refractivity contribution in [3.63, 3.8) is 0 Å². The molecule has 0 bridgehead atoms. The number of nitrogens with zero attached hydrogens (tertiary/aromatic N) is 1. The lowest BCUT2D eigenvalue weighted by Gasteiger charge is -2.25. The normalized spacial score (nSPS) is 24.1. The van der Waals surface area contributed by atoms with Crippen LogP contribution in [0, 0.1) is 0 Å². The summed E-state index contributed by atoms with van der Waals surface area (Å²) in [6.45, 7) is -0.0983. The summed E-state index contributed by atoms with van der Waals surface area (Å²) in [5.41, 5.74) is -0.878. The van der Waals surface area contributed by atoms with Gasteiger partial charge in [-0.2, -0.15) is 0 Å². The lowest BCUT2D eigenvalue weighted by atomic mass is 10.1. The van der Waals surface area contributed by atoms with Crippen LogP contribution in [0.4, 0.5) is 0 Å². The highest BCUT2D eigenvalue weighted by Gasteiger charge is 2.20. The predicted octanol–water partition coefficient (Wildman–Crippen LogP) is -0.627. The Balaban J connectivity index is 2.31. The van der Waals surface area contributed by atoms with E-state index in [-0.39, 0.29) is 18.8 Å². The van der Waals surface area contributed by atoms with Gasteiger partial charge in [-0.3, -0.25) is 14.3 Å². The maximum atomic E-state index is 11.5. The first-order chi connectivity index (χ1) is 7.70.